The summed E-state index contributed by atoms with van der Waals surface area (Å²) in [4.78, 5) is 31.4. The van der Waals surface area contributed by atoms with Crippen molar-refractivity contribution >= 4 is 34.7 Å². The molecule has 2 aromatic heterocycles. The molecule has 12 nitrogen and oxygen atoms in total. The number of urea groups is 1. The van der Waals surface area contributed by atoms with Crippen LogP contribution < -0.4 is 20.7 Å². The first-order valence-electron chi connectivity index (χ1n) is 10.5. The number of carbonyl (C=O) groups is 1. The number of hydrogen-bond acceptors (Lipinski definition) is 8. The number of anilines is 4. The van der Waals surface area contributed by atoms with Crippen LogP contribution in [0.25, 0.3) is 0 Å². The molecule has 12 heteroatoms. The molecule has 0 aliphatic carbocycles. The molecule has 0 atom stereocenters. The molecule has 0 bridgehead atoms. The lowest BCUT2D eigenvalue weighted by Gasteiger charge is -2.12. The van der Waals surface area contributed by atoms with Gasteiger partial charge >= 0.3 is 12.0 Å². The molecule has 0 fully saturated rings. The first kappa shape index (κ1) is 23.2. The Labute approximate surface area is 199 Å². The Morgan fingerprint density at radius 3 is 2.43 bits per heavy atom. The largest absolute Gasteiger partial charge is 0.424 e. The molecular weight excluding hydrogens is 452 g/mol. The fourth-order valence-electron chi connectivity index (χ4n) is 3.19. The van der Waals surface area contributed by atoms with E-state index in [0.29, 0.717) is 34.5 Å². The van der Waals surface area contributed by atoms with Gasteiger partial charge in [-0.25, -0.2) is 9.78 Å². The molecule has 4 rings (SSSR count). The summed E-state index contributed by atoms with van der Waals surface area (Å²) < 4.78 is 5.88. The van der Waals surface area contributed by atoms with Gasteiger partial charge in [0.05, 0.1) is 4.92 Å². The van der Waals surface area contributed by atoms with Crippen molar-refractivity contribution in [3.8, 4) is 11.8 Å². The van der Waals surface area contributed by atoms with E-state index in [9.17, 15) is 14.9 Å². The number of non-ortho nitro benzene ring substituents is 1. The third-order valence-electron chi connectivity index (χ3n) is 4.74. The number of benzene rings is 2. The molecular formula is C23H22N8O4. The van der Waals surface area contributed by atoms with E-state index in [1.165, 1.54) is 18.2 Å². The Bertz CT molecular complexity index is 1400. The summed E-state index contributed by atoms with van der Waals surface area (Å²) >= 11 is 0. The summed E-state index contributed by atoms with van der Waals surface area (Å²) in [5, 5.41) is 26.3. The number of aryl methyl sites for hydroxylation is 3. The van der Waals surface area contributed by atoms with E-state index in [0.717, 1.165) is 11.3 Å². The summed E-state index contributed by atoms with van der Waals surface area (Å²) in [7, 11) is 0. The monoisotopic (exact) mass is 474 g/mol. The average Bonchev–Trinajstić information content (AvgIpc) is 3.19. The molecule has 0 aliphatic rings. The maximum atomic E-state index is 12.3. The second-order valence-electron chi connectivity index (χ2n) is 7.71. The van der Waals surface area contributed by atoms with E-state index in [1.54, 1.807) is 30.3 Å². The molecule has 0 spiro atoms. The number of amides is 2. The van der Waals surface area contributed by atoms with Crippen molar-refractivity contribution in [2.24, 2.45) is 0 Å². The summed E-state index contributed by atoms with van der Waals surface area (Å²) in [6, 6.07) is 14.0. The molecule has 2 aromatic carbocycles. The predicted molar refractivity (Wildman–Crippen MR) is 130 cm³/mol. The highest BCUT2D eigenvalue weighted by molar-refractivity contribution is 6.00. The first-order valence-corrected chi connectivity index (χ1v) is 10.5. The van der Waals surface area contributed by atoms with Crippen LogP contribution in [0.4, 0.5) is 33.5 Å². The highest BCUT2D eigenvalue weighted by Gasteiger charge is 2.11. The number of nitrogens with zero attached hydrogens (tertiary/aromatic N) is 4. The number of aromatic nitrogens is 4. The number of H-pyrrole nitrogens is 1. The lowest BCUT2D eigenvalue weighted by Crippen LogP contribution is -2.19. The molecule has 0 unspecified atom stereocenters. The van der Waals surface area contributed by atoms with Gasteiger partial charge in [-0.2, -0.15) is 10.1 Å². The van der Waals surface area contributed by atoms with Crippen LogP contribution in [0, 0.1) is 30.9 Å². The summed E-state index contributed by atoms with van der Waals surface area (Å²) in [5.41, 5.74) is 3.06. The van der Waals surface area contributed by atoms with E-state index in [1.807, 2.05) is 26.8 Å². The Morgan fingerprint density at radius 2 is 1.74 bits per heavy atom. The summed E-state index contributed by atoms with van der Waals surface area (Å²) in [6.45, 7) is 5.55. The highest BCUT2D eigenvalue weighted by Crippen LogP contribution is 2.27. The highest BCUT2D eigenvalue weighted by atomic mass is 16.6. The molecule has 0 radical (unpaired) electrons. The van der Waals surface area contributed by atoms with Gasteiger partial charge in [-0.05, 0) is 50.6 Å². The van der Waals surface area contributed by atoms with Crippen LogP contribution in [0.1, 0.15) is 17.0 Å². The minimum atomic E-state index is -0.537. The zero-order valence-electron chi connectivity index (χ0n) is 19.1. The van der Waals surface area contributed by atoms with Gasteiger partial charge in [0.1, 0.15) is 11.6 Å². The van der Waals surface area contributed by atoms with Gasteiger partial charge in [0.2, 0.25) is 0 Å². The molecule has 35 heavy (non-hydrogen) atoms. The smallest absolute Gasteiger partial charge is 0.324 e. The Balaban J connectivity index is 1.42. The quantitative estimate of drug-likeness (QED) is 0.210. The van der Waals surface area contributed by atoms with Crippen molar-refractivity contribution in [3.63, 3.8) is 0 Å². The molecule has 0 saturated carbocycles. The molecule has 2 amide bonds. The van der Waals surface area contributed by atoms with Gasteiger partial charge in [0.15, 0.2) is 5.82 Å². The van der Waals surface area contributed by atoms with Crippen LogP contribution in [0.2, 0.25) is 0 Å². The van der Waals surface area contributed by atoms with Crippen molar-refractivity contribution < 1.29 is 14.5 Å². The zero-order valence-corrected chi connectivity index (χ0v) is 19.1. The Kier molecular flexibility index (Phi) is 6.53. The van der Waals surface area contributed by atoms with Crippen molar-refractivity contribution in [2.45, 2.75) is 20.8 Å². The van der Waals surface area contributed by atoms with Gasteiger partial charge in [-0.3, -0.25) is 15.2 Å². The number of nitro benzene ring substituents is 1. The van der Waals surface area contributed by atoms with E-state index in [2.05, 4.69) is 36.1 Å². The number of carbonyl (C=O) groups excluding carboxylic acids is 1. The van der Waals surface area contributed by atoms with Crippen LogP contribution in [0.3, 0.4) is 0 Å². The second kappa shape index (κ2) is 9.87. The van der Waals surface area contributed by atoms with Gasteiger partial charge in [-0.1, -0.05) is 6.07 Å². The molecule has 4 N–H and O–H groups in total. The SMILES string of the molecule is Cc1cc(Nc2cc(C)[nH]n2)nc(Oc2ccc(NC(=O)Nc3cccc([N+](=O)[O-])c3)cc2C)n1. The normalized spacial score (nSPS) is 10.5. The summed E-state index contributed by atoms with van der Waals surface area (Å²) in [5.74, 6) is 1.68. The van der Waals surface area contributed by atoms with E-state index in [4.69, 9.17) is 4.74 Å². The maximum Gasteiger partial charge on any atom is 0.324 e. The van der Waals surface area contributed by atoms with E-state index >= 15 is 0 Å². The molecule has 0 aliphatic heterocycles. The molecule has 4 aromatic rings. The second-order valence-corrected chi connectivity index (χ2v) is 7.71. The third-order valence-corrected chi connectivity index (χ3v) is 4.74. The number of rotatable bonds is 7. The molecule has 178 valence electrons. The number of nitrogens with one attached hydrogen (secondary N) is 4. The van der Waals surface area contributed by atoms with Crippen molar-refractivity contribution in [1.29, 1.82) is 0 Å². The van der Waals surface area contributed by atoms with Gasteiger partial charge < -0.3 is 20.7 Å². The number of hydrogen-bond donors (Lipinski definition) is 4. The van der Waals surface area contributed by atoms with Crippen LogP contribution in [0.15, 0.2) is 54.6 Å². The van der Waals surface area contributed by atoms with Crippen LogP contribution >= 0.6 is 0 Å². The van der Waals surface area contributed by atoms with Gasteiger partial charge in [0, 0.05) is 47.0 Å². The zero-order chi connectivity index (χ0) is 24.9. The predicted octanol–water partition coefficient (Wildman–Crippen LogP) is 5.21. The van der Waals surface area contributed by atoms with Crippen molar-refractivity contribution in [1.82, 2.24) is 20.2 Å². The topological polar surface area (TPSA) is 160 Å². The van der Waals surface area contributed by atoms with Crippen LogP contribution in [0.5, 0.6) is 11.8 Å². The van der Waals surface area contributed by atoms with Crippen LogP contribution in [-0.4, -0.2) is 31.1 Å². The molecule has 0 saturated heterocycles. The fraction of sp³-hybridized carbons (Fsp3) is 0.130. The fourth-order valence-corrected chi connectivity index (χ4v) is 3.19. The van der Waals surface area contributed by atoms with E-state index in [-0.39, 0.29) is 11.7 Å². The number of ether oxygens (including phenoxy) is 1. The Morgan fingerprint density at radius 1 is 0.971 bits per heavy atom. The van der Waals surface area contributed by atoms with E-state index < -0.39 is 11.0 Å². The maximum absolute atomic E-state index is 12.3. The minimum absolute atomic E-state index is 0.114. The Hall–Kier alpha value is -5.00. The van der Waals surface area contributed by atoms with Crippen molar-refractivity contribution in [2.75, 3.05) is 16.0 Å². The van der Waals surface area contributed by atoms with Gasteiger partial charge in [0.25, 0.3) is 5.69 Å². The lowest BCUT2D eigenvalue weighted by molar-refractivity contribution is -0.384. The third kappa shape index (κ3) is 6.07. The standard InChI is InChI=1S/C23H22N8O4/c1-13-9-17(26-22(32)25-16-5-4-6-18(12-16)31(33)34)7-8-19(13)35-23-24-14(2)10-20(28-23)27-21-11-15(3)29-30-21/h4-12H,1-3H3,(H2,25,26,32)(H2,24,27,28,29,30). The first-order chi connectivity index (χ1) is 16.7. The van der Waals surface area contributed by atoms with Crippen molar-refractivity contribution in [3.05, 3.63) is 81.7 Å². The number of aromatic amines is 1. The summed E-state index contributed by atoms with van der Waals surface area (Å²) in [6.07, 6.45) is 0. The minimum Gasteiger partial charge on any atom is -0.424 e. The van der Waals surface area contributed by atoms with Gasteiger partial charge in [-0.15, -0.1) is 0 Å². The lowest BCUT2D eigenvalue weighted by atomic mass is 10.2. The molecule has 2 heterocycles. The van der Waals surface area contributed by atoms with Crippen LogP contribution in [-0.2, 0) is 0 Å². The number of nitro groups is 1. The average molecular weight is 474 g/mol.